The summed E-state index contributed by atoms with van der Waals surface area (Å²) in [5, 5.41) is 0.381. The van der Waals surface area contributed by atoms with Crippen molar-refractivity contribution in [3.63, 3.8) is 0 Å². The molecule has 0 fully saturated rings. The zero-order chi connectivity index (χ0) is 20.1. The van der Waals surface area contributed by atoms with E-state index < -0.39 is 12.6 Å². The van der Waals surface area contributed by atoms with Crippen molar-refractivity contribution < 1.29 is 33.3 Å². The molecular formula is C20H17ClO7. The second-order valence-corrected chi connectivity index (χ2v) is 6.08. The van der Waals surface area contributed by atoms with E-state index in [1.54, 1.807) is 24.3 Å². The maximum Gasteiger partial charge on any atom is 0.331 e. The molecule has 0 amide bonds. The van der Waals surface area contributed by atoms with Crippen molar-refractivity contribution >= 4 is 29.4 Å². The van der Waals surface area contributed by atoms with Crippen LogP contribution in [0.5, 0.6) is 23.0 Å². The number of benzene rings is 2. The Labute approximate surface area is 166 Å². The summed E-state index contributed by atoms with van der Waals surface area (Å²) >= 11 is 6.09. The van der Waals surface area contributed by atoms with Gasteiger partial charge in [0.15, 0.2) is 35.4 Å². The van der Waals surface area contributed by atoms with Gasteiger partial charge >= 0.3 is 5.97 Å². The molecule has 3 rings (SSSR count). The standard InChI is InChI=1S/C20H17ClO7/c1-24-16-5-4-13(9-17(16)25-2)15(22)10-26-19(23)6-3-12-7-14(21)20-18(8-12)27-11-28-20/h3-9H,10-11H2,1-2H3/b6-3+. The van der Waals surface area contributed by atoms with Crippen LogP contribution in [0.25, 0.3) is 6.08 Å². The second-order valence-electron chi connectivity index (χ2n) is 5.67. The molecule has 0 saturated carbocycles. The molecule has 146 valence electrons. The topological polar surface area (TPSA) is 80.3 Å². The summed E-state index contributed by atoms with van der Waals surface area (Å²) in [6.45, 7) is -0.303. The van der Waals surface area contributed by atoms with Crippen molar-refractivity contribution in [2.24, 2.45) is 0 Å². The van der Waals surface area contributed by atoms with Gasteiger partial charge in [0.2, 0.25) is 6.79 Å². The number of esters is 1. The van der Waals surface area contributed by atoms with Crippen molar-refractivity contribution in [2.45, 2.75) is 0 Å². The molecule has 0 radical (unpaired) electrons. The zero-order valence-electron chi connectivity index (χ0n) is 15.2. The number of Topliss-reactive ketones (excluding diaryl/α,β-unsaturated/α-hetero) is 1. The van der Waals surface area contributed by atoms with Crippen molar-refractivity contribution in [1.82, 2.24) is 0 Å². The number of ether oxygens (including phenoxy) is 5. The fraction of sp³-hybridized carbons (Fsp3) is 0.200. The van der Waals surface area contributed by atoms with Gasteiger partial charge in [0, 0.05) is 11.6 Å². The SMILES string of the molecule is COc1ccc(C(=O)COC(=O)/C=C/c2cc(Cl)c3c(c2)OCO3)cc1OC. The number of rotatable bonds is 7. The van der Waals surface area contributed by atoms with Crippen LogP contribution in [0.15, 0.2) is 36.4 Å². The molecule has 0 saturated heterocycles. The highest BCUT2D eigenvalue weighted by Gasteiger charge is 2.18. The third kappa shape index (κ3) is 4.37. The van der Waals surface area contributed by atoms with E-state index in [4.69, 9.17) is 35.3 Å². The summed E-state index contributed by atoms with van der Waals surface area (Å²) in [6.07, 6.45) is 2.72. The summed E-state index contributed by atoms with van der Waals surface area (Å²) in [5.41, 5.74) is 0.981. The third-order valence-electron chi connectivity index (χ3n) is 3.91. The first-order valence-electron chi connectivity index (χ1n) is 8.21. The fourth-order valence-corrected chi connectivity index (χ4v) is 2.80. The molecule has 8 heteroatoms. The Morgan fingerprint density at radius 3 is 2.64 bits per heavy atom. The van der Waals surface area contributed by atoms with Crippen molar-refractivity contribution in [3.8, 4) is 23.0 Å². The molecule has 0 unspecified atom stereocenters. The molecule has 28 heavy (non-hydrogen) atoms. The van der Waals surface area contributed by atoms with Crippen LogP contribution in [-0.4, -0.2) is 39.4 Å². The van der Waals surface area contributed by atoms with Crippen molar-refractivity contribution in [2.75, 3.05) is 27.6 Å². The van der Waals surface area contributed by atoms with Crippen LogP contribution in [0.2, 0.25) is 5.02 Å². The van der Waals surface area contributed by atoms with E-state index in [0.29, 0.717) is 39.1 Å². The molecule has 2 aromatic rings. The van der Waals surface area contributed by atoms with E-state index in [2.05, 4.69) is 0 Å². The van der Waals surface area contributed by atoms with Crippen LogP contribution >= 0.6 is 11.6 Å². The maximum atomic E-state index is 12.2. The molecule has 0 spiro atoms. The first-order valence-corrected chi connectivity index (χ1v) is 8.59. The Hall–Kier alpha value is -3.19. The lowest BCUT2D eigenvalue weighted by molar-refractivity contribution is -0.136. The summed E-state index contributed by atoms with van der Waals surface area (Å²) in [7, 11) is 2.97. The van der Waals surface area contributed by atoms with E-state index in [1.807, 2.05) is 0 Å². The molecule has 1 aliphatic heterocycles. The number of halogens is 1. The average molecular weight is 405 g/mol. The highest BCUT2D eigenvalue weighted by molar-refractivity contribution is 6.32. The van der Waals surface area contributed by atoms with E-state index in [1.165, 1.54) is 32.4 Å². The zero-order valence-corrected chi connectivity index (χ0v) is 15.9. The summed E-state index contributed by atoms with van der Waals surface area (Å²) in [4.78, 5) is 24.1. The molecule has 1 heterocycles. The van der Waals surface area contributed by atoms with Gasteiger partial charge < -0.3 is 23.7 Å². The lowest BCUT2D eigenvalue weighted by Crippen LogP contribution is -2.12. The van der Waals surface area contributed by atoms with E-state index in [0.717, 1.165) is 0 Å². The Morgan fingerprint density at radius 1 is 1.11 bits per heavy atom. The van der Waals surface area contributed by atoms with Gasteiger partial charge in [0.1, 0.15) is 0 Å². The van der Waals surface area contributed by atoms with Crippen LogP contribution in [-0.2, 0) is 9.53 Å². The van der Waals surface area contributed by atoms with Gasteiger partial charge in [-0.05, 0) is 42.0 Å². The predicted octanol–water partition coefficient (Wildman–Crippen LogP) is 3.53. The Balaban J connectivity index is 1.59. The maximum absolute atomic E-state index is 12.2. The van der Waals surface area contributed by atoms with Gasteiger partial charge in [0.25, 0.3) is 0 Å². The van der Waals surface area contributed by atoms with Crippen LogP contribution in [0.1, 0.15) is 15.9 Å². The quantitative estimate of drug-likeness (QED) is 0.396. The second kappa shape index (κ2) is 8.67. The lowest BCUT2D eigenvalue weighted by Gasteiger charge is -2.09. The number of hydrogen-bond donors (Lipinski definition) is 0. The van der Waals surface area contributed by atoms with E-state index in [9.17, 15) is 9.59 Å². The minimum absolute atomic E-state index is 0.0997. The van der Waals surface area contributed by atoms with E-state index >= 15 is 0 Å². The molecule has 0 bridgehead atoms. The van der Waals surface area contributed by atoms with Crippen LogP contribution in [0, 0.1) is 0 Å². The summed E-state index contributed by atoms with van der Waals surface area (Å²) in [5.74, 6) is 0.864. The first-order chi connectivity index (χ1) is 13.5. The molecule has 0 atom stereocenters. The highest BCUT2D eigenvalue weighted by atomic mass is 35.5. The molecule has 0 aromatic heterocycles. The van der Waals surface area contributed by atoms with Crippen molar-refractivity contribution in [1.29, 1.82) is 0 Å². The first kappa shape index (κ1) is 19.6. The highest BCUT2D eigenvalue weighted by Crippen LogP contribution is 2.40. The normalized spacial score (nSPS) is 12.1. The minimum atomic E-state index is -0.664. The Bertz CT molecular complexity index is 936. The summed E-state index contributed by atoms with van der Waals surface area (Å²) in [6, 6.07) is 8.03. The third-order valence-corrected chi connectivity index (χ3v) is 4.19. The number of ketones is 1. The van der Waals surface area contributed by atoms with Crippen molar-refractivity contribution in [3.05, 3.63) is 52.6 Å². The summed E-state index contributed by atoms with van der Waals surface area (Å²) < 4.78 is 25.8. The van der Waals surface area contributed by atoms with Crippen LogP contribution in [0.3, 0.4) is 0 Å². The van der Waals surface area contributed by atoms with Gasteiger partial charge in [-0.1, -0.05) is 11.6 Å². The Morgan fingerprint density at radius 2 is 1.89 bits per heavy atom. The number of carbonyl (C=O) groups is 2. The molecule has 7 nitrogen and oxygen atoms in total. The largest absolute Gasteiger partial charge is 0.493 e. The number of fused-ring (bicyclic) bond motifs is 1. The fourth-order valence-electron chi connectivity index (χ4n) is 2.53. The average Bonchev–Trinajstić information content (AvgIpc) is 3.19. The van der Waals surface area contributed by atoms with Gasteiger partial charge in [-0.3, -0.25) is 4.79 Å². The smallest absolute Gasteiger partial charge is 0.331 e. The van der Waals surface area contributed by atoms with Gasteiger partial charge in [-0.15, -0.1) is 0 Å². The van der Waals surface area contributed by atoms with Crippen LogP contribution < -0.4 is 18.9 Å². The molecular weight excluding hydrogens is 388 g/mol. The van der Waals surface area contributed by atoms with Gasteiger partial charge in [-0.25, -0.2) is 4.79 Å². The monoisotopic (exact) mass is 404 g/mol. The van der Waals surface area contributed by atoms with E-state index in [-0.39, 0.29) is 12.6 Å². The molecule has 0 N–H and O–H groups in total. The number of hydrogen-bond acceptors (Lipinski definition) is 7. The molecule has 2 aromatic carbocycles. The predicted molar refractivity (Wildman–Crippen MR) is 101 cm³/mol. The number of carbonyl (C=O) groups excluding carboxylic acids is 2. The van der Waals surface area contributed by atoms with Gasteiger partial charge in [-0.2, -0.15) is 0 Å². The molecule has 1 aliphatic rings. The minimum Gasteiger partial charge on any atom is -0.493 e. The number of methoxy groups -OCH3 is 2. The molecule has 0 aliphatic carbocycles. The van der Waals surface area contributed by atoms with Crippen LogP contribution in [0.4, 0.5) is 0 Å². The Kier molecular flexibility index (Phi) is 6.06. The lowest BCUT2D eigenvalue weighted by atomic mass is 10.1. The van der Waals surface area contributed by atoms with Gasteiger partial charge in [0.05, 0.1) is 19.2 Å².